The van der Waals surface area contributed by atoms with Gasteiger partial charge in [0.25, 0.3) is 0 Å². The van der Waals surface area contributed by atoms with E-state index in [4.69, 9.17) is 19.4 Å². The lowest BCUT2D eigenvalue weighted by molar-refractivity contribution is 0.669. The van der Waals surface area contributed by atoms with E-state index < -0.39 is 0 Å². The summed E-state index contributed by atoms with van der Waals surface area (Å²) >= 11 is 0. The number of fused-ring (bicyclic) bond motifs is 6. The molecule has 0 aliphatic carbocycles. The topological polar surface area (TPSA) is 56.7 Å². The second kappa shape index (κ2) is 16.4. The quantitative estimate of drug-likeness (QED) is 0.153. The zero-order chi connectivity index (χ0) is 45.0. The van der Waals surface area contributed by atoms with Crippen LogP contribution in [0.25, 0.3) is 128 Å². The maximum absolute atomic E-state index is 6.86. The molecule has 0 amide bonds. The molecule has 0 radical (unpaired) electrons. The third-order valence-electron chi connectivity index (χ3n) is 13.1. The first kappa shape index (κ1) is 39.2. The number of nitrogens with zero attached hydrogens (tertiary/aromatic N) is 4. The van der Waals surface area contributed by atoms with Crippen LogP contribution in [0.4, 0.5) is 0 Å². The molecule has 13 aromatic rings. The van der Waals surface area contributed by atoms with Gasteiger partial charge in [0, 0.05) is 43.9 Å². The van der Waals surface area contributed by atoms with Crippen molar-refractivity contribution in [3.05, 3.63) is 243 Å². The van der Waals surface area contributed by atoms with Crippen molar-refractivity contribution in [2.24, 2.45) is 0 Å². The second-order valence-corrected chi connectivity index (χ2v) is 17.1. The standard InChI is InChI=1S/C63H40N4O/c1-6-20-41(21-7-1)47-31-18-32-48(42-22-8-2-9-23-42)59(47)45-36-37-49(53(38-45)63-65-61(43-24-10-3-11-25-43)64-62(66-63)44-26-12-4-13-27-44)51-33-19-35-57-60(51)54-39-56-52(40-58(54)68-57)50-30-16-17-34-55(50)67(56)46-28-14-5-15-29-46/h1-40H. The van der Waals surface area contributed by atoms with Crippen molar-refractivity contribution < 1.29 is 4.42 Å². The van der Waals surface area contributed by atoms with Crippen LogP contribution in [0.3, 0.4) is 0 Å². The Morgan fingerprint density at radius 3 is 1.46 bits per heavy atom. The predicted molar refractivity (Wildman–Crippen MR) is 279 cm³/mol. The average Bonchev–Trinajstić information content (AvgIpc) is 3.95. The second-order valence-electron chi connectivity index (χ2n) is 17.1. The Labute approximate surface area is 392 Å². The Hall–Kier alpha value is -9.19. The summed E-state index contributed by atoms with van der Waals surface area (Å²) in [6, 6.07) is 85.2. The SMILES string of the molecule is c1ccc(-c2nc(-c3ccccc3)nc(-c3cc(-c4c(-c5ccccc5)cccc4-c4ccccc4)ccc3-c3cccc4oc5cc6c7ccccc7n(-c7ccccc7)c6cc5c34)n2)cc1. The van der Waals surface area contributed by atoms with Gasteiger partial charge in [-0.15, -0.1) is 0 Å². The lowest BCUT2D eigenvalue weighted by Crippen LogP contribution is -2.01. The molecule has 68 heavy (non-hydrogen) atoms. The summed E-state index contributed by atoms with van der Waals surface area (Å²) < 4.78 is 9.22. The molecule has 5 nitrogen and oxygen atoms in total. The van der Waals surface area contributed by atoms with E-state index in [0.29, 0.717) is 17.5 Å². The highest BCUT2D eigenvalue weighted by Gasteiger charge is 2.24. The summed E-state index contributed by atoms with van der Waals surface area (Å²) in [6.45, 7) is 0. The van der Waals surface area contributed by atoms with E-state index in [-0.39, 0.29) is 0 Å². The fraction of sp³-hybridized carbons (Fsp3) is 0. The largest absolute Gasteiger partial charge is 0.456 e. The van der Waals surface area contributed by atoms with Crippen LogP contribution in [-0.4, -0.2) is 19.5 Å². The van der Waals surface area contributed by atoms with Crippen molar-refractivity contribution in [3.63, 3.8) is 0 Å². The van der Waals surface area contributed by atoms with Gasteiger partial charge < -0.3 is 8.98 Å². The molecule has 10 aromatic carbocycles. The van der Waals surface area contributed by atoms with Crippen LogP contribution in [0.2, 0.25) is 0 Å². The van der Waals surface area contributed by atoms with Gasteiger partial charge in [-0.05, 0) is 87.0 Å². The fourth-order valence-corrected chi connectivity index (χ4v) is 10.00. The van der Waals surface area contributed by atoms with Gasteiger partial charge in [-0.1, -0.05) is 200 Å². The number of benzene rings is 10. The molecule has 0 fully saturated rings. The van der Waals surface area contributed by atoms with Gasteiger partial charge in [0.15, 0.2) is 17.5 Å². The Morgan fingerprint density at radius 1 is 0.294 bits per heavy atom. The van der Waals surface area contributed by atoms with Crippen LogP contribution in [0.5, 0.6) is 0 Å². The minimum Gasteiger partial charge on any atom is -0.456 e. The summed E-state index contributed by atoms with van der Waals surface area (Å²) in [5.41, 5.74) is 16.4. The third-order valence-corrected chi connectivity index (χ3v) is 13.1. The maximum Gasteiger partial charge on any atom is 0.164 e. The highest BCUT2D eigenvalue weighted by Crippen LogP contribution is 2.47. The monoisotopic (exact) mass is 868 g/mol. The Bertz CT molecular complexity index is 3880. The molecule has 0 bridgehead atoms. The minimum atomic E-state index is 0.574. The van der Waals surface area contributed by atoms with E-state index in [1.54, 1.807) is 0 Å². The number of hydrogen-bond acceptors (Lipinski definition) is 4. The number of furan rings is 1. The summed E-state index contributed by atoms with van der Waals surface area (Å²) in [4.78, 5) is 15.9. The van der Waals surface area contributed by atoms with Crippen LogP contribution in [-0.2, 0) is 0 Å². The van der Waals surface area contributed by atoms with Crippen molar-refractivity contribution >= 4 is 43.7 Å². The number of hydrogen-bond donors (Lipinski definition) is 0. The molecule has 0 saturated heterocycles. The van der Waals surface area contributed by atoms with E-state index in [1.165, 1.54) is 5.39 Å². The van der Waals surface area contributed by atoms with Crippen molar-refractivity contribution in [1.82, 2.24) is 19.5 Å². The first-order chi connectivity index (χ1) is 33.7. The van der Waals surface area contributed by atoms with Crippen LogP contribution in [0.1, 0.15) is 0 Å². The smallest absolute Gasteiger partial charge is 0.164 e. The molecule has 13 rings (SSSR count). The highest BCUT2D eigenvalue weighted by molar-refractivity contribution is 6.20. The highest BCUT2D eigenvalue weighted by atomic mass is 16.3. The van der Waals surface area contributed by atoms with Crippen molar-refractivity contribution in [3.8, 4) is 84.4 Å². The van der Waals surface area contributed by atoms with Gasteiger partial charge >= 0.3 is 0 Å². The van der Waals surface area contributed by atoms with Crippen LogP contribution >= 0.6 is 0 Å². The van der Waals surface area contributed by atoms with Crippen LogP contribution < -0.4 is 0 Å². The molecule has 5 heteroatoms. The molecule has 3 heterocycles. The molecular formula is C63H40N4O. The summed E-state index contributed by atoms with van der Waals surface area (Å²) in [6.07, 6.45) is 0. The van der Waals surface area contributed by atoms with E-state index in [1.807, 2.05) is 36.4 Å². The van der Waals surface area contributed by atoms with E-state index >= 15 is 0 Å². The summed E-state index contributed by atoms with van der Waals surface area (Å²) in [7, 11) is 0. The zero-order valence-electron chi connectivity index (χ0n) is 36.8. The van der Waals surface area contributed by atoms with Gasteiger partial charge in [0.05, 0.1) is 11.0 Å². The van der Waals surface area contributed by atoms with Gasteiger partial charge in [-0.2, -0.15) is 0 Å². The molecule has 318 valence electrons. The van der Waals surface area contributed by atoms with Crippen molar-refractivity contribution in [2.45, 2.75) is 0 Å². The summed E-state index contributed by atoms with van der Waals surface area (Å²) in [5, 5.41) is 4.37. The van der Waals surface area contributed by atoms with Crippen molar-refractivity contribution in [2.75, 3.05) is 0 Å². The lowest BCUT2D eigenvalue weighted by Gasteiger charge is -2.19. The molecule has 0 unspecified atom stereocenters. The molecule has 0 spiro atoms. The zero-order valence-corrected chi connectivity index (χ0v) is 36.8. The molecule has 0 aliphatic heterocycles. The van der Waals surface area contributed by atoms with Crippen molar-refractivity contribution in [1.29, 1.82) is 0 Å². The van der Waals surface area contributed by atoms with Crippen LogP contribution in [0.15, 0.2) is 247 Å². The summed E-state index contributed by atoms with van der Waals surface area (Å²) in [5.74, 6) is 1.77. The molecule has 0 atom stereocenters. The molecule has 0 N–H and O–H groups in total. The maximum atomic E-state index is 6.86. The Balaban J connectivity index is 1.12. The number of rotatable bonds is 8. The molecule has 3 aromatic heterocycles. The minimum absolute atomic E-state index is 0.574. The van der Waals surface area contributed by atoms with E-state index in [9.17, 15) is 0 Å². The van der Waals surface area contributed by atoms with Gasteiger partial charge in [-0.25, -0.2) is 15.0 Å². The molecule has 0 aliphatic rings. The molecular weight excluding hydrogens is 829 g/mol. The average molecular weight is 869 g/mol. The van der Waals surface area contributed by atoms with Crippen LogP contribution in [0, 0.1) is 0 Å². The Kier molecular flexibility index (Phi) is 9.43. The Morgan fingerprint density at radius 2 is 0.824 bits per heavy atom. The van der Waals surface area contributed by atoms with Gasteiger partial charge in [-0.3, -0.25) is 0 Å². The number of aromatic nitrogens is 4. The van der Waals surface area contributed by atoms with Gasteiger partial charge in [0.2, 0.25) is 0 Å². The van der Waals surface area contributed by atoms with E-state index in [2.05, 4.69) is 211 Å². The lowest BCUT2D eigenvalue weighted by atomic mass is 9.85. The van der Waals surface area contributed by atoms with Gasteiger partial charge in [0.1, 0.15) is 11.2 Å². The third kappa shape index (κ3) is 6.68. The first-order valence-electron chi connectivity index (χ1n) is 22.9. The fourth-order valence-electron chi connectivity index (χ4n) is 10.00. The normalized spacial score (nSPS) is 11.5. The molecule has 0 saturated carbocycles. The first-order valence-corrected chi connectivity index (χ1v) is 22.9. The van der Waals surface area contributed by atoms with E-state index in [0.717, 1.165) is 105 Å². The predicted octanol–water partition coefficient (Wildman–Crippen LogP) is 16.5. The number of para-hydroxylation sites is 2.